The van der Waals surface area contributed by atoms with Gasteiger partial charge in [-0.05, 0) is 38.5 Å². The van der Waals surface area contributed by atoms with Crippen molar-refractivity contribution in [1.29, 1.82) is 0 Å². The average Bonchev–Trinajstić information content (AvgIpc) is 3.03. The number of aliphatic hydroxyl groups excluding tert-OH is 3. The van der Waals surface area contributed by atoms with E-state index in [1.165, 1.54) is 89.9 Å². The molecule has 3 N–H and O–H groups in total. The minimum Gasteiger partial charge on any atom is -0.463 e. The number of carbonyl (C=O) groups excluding carboxylic acids is 2. The van der Waals surface area contributed by atoms with Crippen LogP contribution in [0.1, 0.15) is 187 Å². The van der Waals surface area contributed by atoms with Crippen molar-refractivity contribution in [3.63, 3.8) is 0 Å². The fourth-order valence-electron chi connectivity index (χ4n) is 5.40. The van der Waals surface area contributed by atoms with E-state index < -0.39 is 18.3 Å². The monoisotopic (exact) mass is 641 g/mol. The summed E-state index contributed by atoms with van der Waals surface area (Å²) in [6, 6.07) is 0. The number of rotatable bonds is 34. The Morgan fingerprint density at radius 1 is 0.511 bits per heavy atom. The van der Waals surface area contributed by atoms with Crippen LogP contribution in [-0.4, -0.2) is 58.8 Å². The molecular formula is C38H72O7. The molecule has 7 heteroatoms. The second-order valence-electron chi connectivity index (χ2n) is 13.0. The smallest absolute Gasteiger partial charge is 0.305 e. The van der Waals surface area contributed by atoms with Gasteiger partial charge in [0.15, 0.2) is 0 Å². The number of hydrogen-bond acceptors (Lipinski definition) is 7. The highest BCUT2D eigenvalue weighted by molar-refractivity contribution is 5.69. The molecule has 7 nitrogen and oxygen atoms in total. The maximum absolute atomic E-state index is 12.0. The van der Waals surface area contributed by atoms with E-state index in [0.717, 1.165) is 51.4 Å². The quantitative estimate of drug-likeness (QED) is 0.0365. The molecular weight excluding hydrogens is 568 g/mol. The fraction of sp³-hybridized carbons (Fsp3) is 0.895. The van der Waals surface area contributed by atoms with E-state index in [2.05, 4.69) is 19.9 Å². The third-order valence-corrected chi connectivity index (χ3v) is 8.45. The number of allylic oxidation sites excluding steroid dienone is 1. The third-order valence-electron chi connectivity index (χ3n) is 8.45. The molecule has 0 aliphatic heterocycles. The van der Waals surface area contributed by atoms with E-state index in [4.69, 9.17) is 9.47 Å². The lowest BCUT2D eigenvalue weighted by molar-refractivity contribution is -0.152. The van der Waals surface area contributed by atoms with Gasteiger partial charge in [-0.2, -0.15) is 0 Å². The molecule has 0 saturated heterocycles. The van der Waals surface area contributed by atoms with Crippen molar-refractivity contribution in [2.24, 2.45) is 0 Å². The van der Waals surface area contributed by atoms with Gasteiger partial charge in [-0.25, -0.2) is 0 Å². The molecule has 0 aliphatic carbocycles. The Morgan fingerprint density at radius 2 is 0.911 bits per heavy atom. The van der Waals surface area contributed by atoms with E-state index in [0.29, 0.717) is 25.7 Å². The molecule has 0 bridgehead atoms. The molecule has 0 heterocycles. The summed E-state index contributed by atoms with van der Waals surface area (Å²) in [6.07, 6.45) is 30.0. The number of aliphatic hydroxyl groups is 3. The van der Waals surface area contributed by atoms with Crippen molar-refractivity contribution in [2.75, 3.05) is 13.2 Å². The van der Waals surface area contributed by atoms with E-state index in [1.807, 2.05) is 6.08 Å². The van der Waals surface area contributed by atoms with Gasteiger partial charge >= 0.3 is 11.9 Å². The van der Waals surface area contributed by atoms with Crippen LogP contribution in [0.2, 0.25) is 0 Å². The lowest BCUT2D eigenvalue weighted by Crippen LogP contribution is -2.25. The molecule has 0 aliphatic rings. The normalized spacial score (nSPS) is 13.6. The van der Waals surface area contributed by atoms with Crippen LogP contribution < -0.4 is 0 Å². The summed E-state index contributed by atoms with van der Waals surface area (Å²) in [4.78, 5) is 23.9. The molecule has 0 aromatic carbocycles. The van der Waals surface area contributed by atoms with Gasteiger partial charge in [0.25, 0.3) is 0 Å². The molecule has 0 amide bonds. The molecule has 0 fully saturated rings. The van der Waals surface area contributed by atoms with E-state index in [-0.39, 0.29) is 31.6 Å². The lowest BCUT2D eigenvalue weighted by atomic mass is 10.0. The lowest BCUT2D eigenvalue weighted by Gasteiger charge is -2.16. The minimum atomic E-state index is -1.01. The zero-order valence-corrected chi connectivity index (χ0v) is 29.4. The molecule has 266 valence electrons. The first-order valence-corrected chi connectivity index (χ1v) is 18.9. The van der Waals surface area contributed by atoms with Gasteiger partial charge in [-0.1, -0.05) is 148 Å². The van der Waals surface area contributed by atoms with Gasteiger partial charge in [-0.15, -0.1) is 0 Å². The topological polar surface area (TPSA) is 113 Å². The highest BCUT2D eigenvalue weighted by Gasteiger charge is 2.14. The predicted octanol–water partition coefficient (Wildman–Crippen LogP) is 9.28. The Labute approximate surface area is 276 Å². The first-order valence-electron chi connectivity index (χ1n) is 18.9. The van der Waals surface area contributed by atoms with Crippen molar-refractivity contribution in [2.45, 2.75) is 206 Å². The number of esters is 2. The summed E-state index contributed by atoms with van der Waals surface area (Å²) in [5.74, 6) is -0.667. The molecule has 45 heavy (non-hydrogen) atoms. The fourth-order valence-corrected chi connectivity index (χ4v) is 5.40. The van der Waals surface area contributed by atoms with E-state index in [9.17, 15) is 24.9 Å². The molecule has 0 rings (SSSR count). The van der Waals surface area contributed by atoms with Crippen molar-refractivity contribution in [1.82, 2.24) is 0 Å². The Balaban J connectivity index is 3.55. The summed E-state index contributed by atoms with van der Waals surface area (Å²) in [6.45, 7) is 4.11. The standard InChI is InChI=1S/C38H72O7/c1-3-5-7-9-11-12-13-14-15-16-17-18-22-26-30-37(42)44-32-34(39)33-45-38(43)31-27-23-19-21-25-29-36(41)35(40)28-24-20-10-8-6-4-2/h20,24,34-36,39-41H,3-19,21-23,25-33H2,1-2H3/b24-20-/t34-,35-,36-/m1/s1. The highest BCUT2D eigenvalue weighted by atomic mass is 16.6. The summed E-state index contributed by atoms with van der Waals surface area (Å²) >= 11 is 0. The van der Waals surface area contributed by atoms with Crippen LogP contribution in [0.3, 0.4) is 0 Å². The van der Waals surface area contributed by atoms with Crippen LogP contribution in [0.5, 0.6) is 0 Å². The minimum absolute atomic E-state index is 0.152. The van der Waals surface area contributed by atoms with E-state index in [1.54, 1.807) is 0 Å². The third kappa shape index (κ3) is 32.3. The van der Waals surface area contributed by atoms with Crippen LogP contribution in [-0.2, 0) is 19.1 Å². The second-order valence-corrected chi connectivity index (χ2v) is 13.0. The molecule has 3 atom stereocenters. The molecule has 0 saturated carbocycles. The second kappa shape index (κ2) is 33.9. The zero-order chi connectivity index (χ0) is 33.2. The highest BCUT2D eigenvalue weighted by Crippen LogP contribution is 2.15. The Hall–Kier alpha value is -1.44. The first kappa shape index (κ1) is 43.6. The molecule has 0 aromatic rings. The van der Waals surface area contributed by atoms with Gasteiger partial charge in [0, 0.05) is 12.8 Å². The van der Waals surface area contributed by atoms with Crippen molar-refractivity contribution < 1.29 is 34.4 Å². The van der Waals surface area contributed by atoms with Gasteiger partial charge < -0.3 is 24.8 Å². The predicted molar refractivity (Wildman–Crippen MR) is 185 cm³/mol. The summed E-state index contributed by atoms with van der Waals surface area (Å²) in [7, 11) is 0. The molecule has 0 radical (unpaired) electrons. The van der Waals surface area contributed by atoms with Crippen LogP contribution >= 0.6 is 0 Å². The van der Waals surface area contributed by atoms with E-state index >= 15 is 0 Å². The zero-order valence-electron chi connectivity index (χ0n) is 29.4. The summed E-state index contributed by atoms with van der Waals surface area (Å²) < 4.78 is 10.3. The number of unbranched alkanes of at least 4 members (excludes halogenated alkanes) is 20. The van der Waals surface area contributed by atoms with Gasteiger partial charge in [0.1, 0.15) is 19.3 Å². The largest absolute Gasteiger partial charge is 0.463 e. The van der Waals surface area contributed by atoms with Crippen molar-refractivity contribution >= 4 is 11.9 Å². The Kier molecular flexibility index (Phi) is 32.8. The maximum atomic E-state index is 12.0. The van der Waals surface area contributed by atoms with Gasteiger partial charge in [0.05, 0.1) is 12.2 Å². The molecule has 0 spiro atoms. The van der Waals surface area contributed by atoms with Gasteiger partial charge in [0.2, 0.25) is 0 Å². The first-order chi connectivity index (χ1) is 21.9. The number of carbonyl (C=O) groups is 2. The van der Waals surface area contributed by atoms with Crippen molar-refractivity contribution in [3.05, 3.63) is 12.2 Å². The Morgan fingerprint density at radius 3 is 1.38 bits per heavy atom. The van der Waals surface area contributed by atoms with Crippen molar-refractivity contribution in [3.8, 4) is 0 Å². The maximum Gasteiger partial charge on any atom is 0.305 e. The summed E-state index contributed by atoms with van der Waals surface area (Å²) in [5, 5.41) is 30.2. The summed E-state index contributed by atoms with van der Waals surface area (Å²) in [5.41, 5.74) is 0. The van der Waals surface area contributed by atoms with Crippen LogP contribution in [0.4, 0.5) is 0 Å². The average molecular weight is 641 g/mol. The SMILES string of the molecule is CCCCC/C=C\C[C@@H](O)[C@H](O)CCCCCCCC(=O)OC[C@H](O)COC(=O)CCCCCCCCCCCCCCCC. The Bertz CT molecular complexity index is 681. The van der Waals surface area contributed by atoms with Crippen LogP contribution in [0.25, 0.3) is 0 Å². The number of hydrogen-bond donors (Lipinski definition) is 3. The molecule has 0 aromatic heterocycles. The van der Waals surface area contributed by atoms with Crippen LogP contribution in [0, 0.1) is 0 Å². The number of ether oxygens (including phenoxy) is 2. The van der Waals surface area contributed by atoms with Gasteiger partial charge in [-0.3, -0.25) is 9.59 Å². The molecule has 0 unspecified atom stereocenters. The van der Waals surface area contributed by atoms with Crippen LogP contribution in [0.15, 0.2) is 12.2 Å².